The molecular formula is C38H28B4O. The standard InChI is InChI=1S/C38H28B4O/c39-34-33(35(40)37(42)38(43)36(34)41)32-28-12-5-3-10-26(28)31(27-11-4-6-13-29(27)32)25-15-7-14-23-24(25)17-16-22-18-20-8-1-2-9-21(20)19-30(22)23/h1-19,43H,39-42H2. The second kappa shape index (κ2) is 9.57. The normalized spacial score (nSPS) is 11.7. The summed E-state index contributed by atoms with van der Waals surface area (Å²) in [5.74, 6) is 0.403. The third kappa shape index (κ3) is 3.71. The second-order valence-corrected chi connectivity index (χ2v) is 12.0. The number of phenolic OH excluding ortho intramolecular Hbond substituents is 1. The van der Waals surface area contributed by atoms with Gasteiger partial charge in [0.1, 0.15) is 37.1 Å². The first-order valence-electron chi connectivity index (χ1n) is 15.0. The van der Waals surface area contributed by atoms with Crippen molar-refractivity contribution in [1.29, 1.82) is 0 Å². The molecule has 0 heterocycles. The van der Waals surface area contributed by atoms with E-state index in [-0.39, 0.29) is 0 Å². The van der Waals surface area contributed by atoms with E-state index in [1.807, 2.05) is 15.7 Å². The maximum absolute atomic E-state index is 10.9. The van der Waals surface area contributed by atoms with Crippen LogP contribution in [0.5, 0.6) is 5.75 Å². The number of rotatable bonds is 2. The summed E-state index contributed by atoms with van der Waals surface area (Å²) in [5.41, 5.74) is 9.14. The minimum absolute atomic E-state index is 0.403. The van der Waals surface area contributed by atoms with Gasteiger partial charge in [-0.05, 0) is 88.2 Å². The molecule has 5 heteroatoms. The molecule has 0 spiro atoms. The van der Waals surface area contributed by atoms with Crippen molar-refractivity contribution in [2.75, 3.05) is 0 Å². The minimum atomic E-state index is 0.403. The Labute approximate surface area is 254 Å². The van der Waals surface area contributed by atoms with Crippen LogP contribution in [0.2, 0.25) is 0 Å². The van der Waals surface area contributed by atoms with Crippen LogP contribution in [0.15, 0.2) is 115 Å². The molecule has 1 nitrogen and oxygen atoms in total. The van der Waals surface area contributed by atoms with E-state index in [1.54, 1.807) is 0 Å². The predicted molar refractivity (Wildman–Crippen MR) is 199 cm³/mol. The monoisotopic (exact) mass is 544 g/mol. The van der Waals surface area contributed by atoms with Crippen molar-refractivity contribution >= 4 is 107 Å². The summed E-state index contributed by atoms with van der Waals surface area (Å²) in [6.45, 7) is 0. The van der Waals surface area contributed by atoms with Gasteiger partial charge in [-0.15, -0.1) is 0 Å². The summed E-state index contributed by atoms with van der Waals surface area (Å²) >= 11 is 0. The first-order chi connectivity index (χ1) is 20.9. The Morgan fingerprint density at radius 2 is 0.860 bits per heavy atom. The Morgan fingerprint density at radius 3 is 1.47 bits per heavy atom. The third-order valence-corrected chi connectivity index (χ3v) is 9.78. The molecule has 0 atom stereocenters. The van der Waals surface area contributed by atoms with Gasteiger partial charge < -0.3 is 5.11 Å². The van der Waals surface area contributed by atoms with Crippen LogP contribution < -0.4 is 21.9 Å². The van der Waals surface area contributed by atoms with Crippen molar-refractivity contribution in [2.45, 2.75) is 0 Å². The van der Waals surface area contributed by atoms with Gasteiger partial charge in [0.2, 0.25) is 0 Å². The highest BCUT2D eigenvalue weighted by Gasteiger charge is 2.22. The lowest BCUT2D eigenvalue weighted by atomic mass is 9.64. The summed E-state index contributed by atoms with van der Waals surface area (Å²) < 4.78 is 0. The highest BCUT2D eigenvalue weighted by atomic mass is 16.3. The topological polar surface area (TPSA) is 20.2 Å². The molecule has 0 aliphatic heterocycles. The molecule has 0 aliphatic carbocycles. The Balaban J connectivity index is 1.53. The molecule has 8 aromatic rings. The molecule has 0 saturated carbocycles. The SMILES string of the molecule is Bc1c(B)c(-c2c3ccccc3c(-c3cccc4c3ccc3cc5ccccc5cc34)c3ccccc23)c(B)c(B)c1O. The molecule has 0 unspecified atom stereocenters. The number of hydrogen-bond donors (Lipinski definition) is 1. The maximum Gasteiger partial charge on any atom is 0.143 e. The molecule has 198 valence electrons. The fourth-order valence-corrected chi connectivity index (χ4v) is 7.36. The van der Waals surface area contributed by atoms with E-state index in [9.17, 15) is 5.11 Å². The predicted octanol–water partition coefficient (Wildman–Crippen LogP) is 3.53. The van der Waals surface area contributed by atoms with Crippen LogP contribution in [0.3, 0.4) is 0 Å². The van der Waals surface area contributed by atoms with Gasteiger partial charge in [0.25, 0.3) is 0 Å². The minimum Gasteiger partial charge on any atom is -0.509 e. The van der Waals surface area contributed by atoms with E-state index >= 15 is 0 Å². The number of phenols is 1. The first kappa shape index (κ1) is 25.8. The average molecular weight is 544 g/mol. The van der Waals surface area contributed by atoms with Crippen LogP contribution in [0, 0.1) is 0 Å². The quantitative estimate of drug-likeness (QED) is 0.201. The second-order valence-electron chi connectivity index (χ2n) is 12.0. The van der Waals surface area contributed by atoms with Crippen molar-refractivity contribution in [3.63, 3.8) is 0 Å². The molecule has 0 saturated heterocycles. The van der Waals surface area contributed by atoms with E-state index in [0.717, 1.165) is 21.9 Å². The van der Waals surface area contributed by atoms with Gasteiger partial charge >= 0.3 is 0 Å². The molecule has 0 fully saturated rings. The van der Waals surface area contributed by atoms with E-state index in [4.69, 9.17) is 0 Å². The summed E-state index contributed by atoms with van der Waals surface area (Å²) in [6, 6.07) is 42.3. The van der Waals surface area contributed by atoms with Gasteiger partial charge in [0.15, 0.2) is 0 Å². The summed E-state index contributed by atoms with van der Waals surface area (Å²) in [5, 5.41) is 23.4. The molecule has 43 heavy (non-hydrogen) atoms. The van der Waals surface area contributed by atoms with Crippen molar-refractivity contribution in [2.24, 2.45) is 0 Å². The van der Waals surface area contributed by atoms with Crippen LogP contribution in [0.4, 0.5) is 0 Å². The number of fused-ring (bicyclic) bond motifs is 6. The van der Waals surface area contributed by atoms with E-state index in [2.05, 4.69) is 131 Å². The van der Waals surface area contributed by atoms with Gasteiger partial charge in [-0.2, -0.15) is 0 Å². The molecule has 8 aromatic carbocycles. The maximum atomic E-state index is 10.9. The molecule has 1 N–H and O–H groups in total. The largest absolute Gasteiger partial charge is 0.509 e. The smallest absolute Gasteiger partial charge is 0.143 e. The molecule has 0 aliphatic rings. The van der Waals surface area contributed by atoms with Crippen LogP contribution in [-0.2, 0) is 0 Å². The third-order valence-electron chi connectivity index (χ3n) is 9.78. The van der Waals surface area contributed by atoms with Crippen molar-refractivity contribution < 1.29 is 5.11 Å². The lowest BCUT2D eigenvalue weighted by Crippen LogP contribution is -2.42. The molecule has 0 radical (unpaired) electrons. The van der Waals surface area contributed by atoms with Gasteiger partial charge in [-0.3, -0.25) is 0 Å². The highest BCUT2D eigenvalue weighted by Crippen LogP contribution is 2.45. The number of hydrogen-bond acceptors (Lipinski definition) is 1. The fourth-order valence-electron chi connectivity index (χ4n) is 7.36. The Hall–Kier alpha value is -4.88. The van der Waals surface area contributed by atoms with Gasteiger partial charge in [-0.25, -0.2) is 0 Å². The number of benzene rings is 8. The molecule has 0 bridgehead atoms. The average Bonchev–Trinajstić information content (AvgIpc) is 3.05. The van der Waals surface area contributed by atoms with E-state index in [1.165, 1.54) is 76.1 Å². The molecular weight excluding hydrogens is 516 g/mol. The Morgan fingerprint density at radius 1 is 0.349 bits per heavy atom. The van der Waals surface area contributed by atoms with E-state index < -0.39 is 0 Å². The van der Waals surface area contributed by atoms with Gasteiger partial charge in [-0.1, -0.05) is 125 Å². The Bertz CT molecular complexity index is 2380. The molecule has 8 rings (SSSR count). The lowest BCUT2D eigenvalue weighted by molar-refractivity contribution is 0.484. The summed E-state index contributed by atoms with van der Waals surface area (Å²) in [4.78, 5) is 0. The first-order valence-corrected chi connectivity index (χ1v) is 15.0. The van der Waals surface area contributed by atoms with Crippen molar-refractivity contribution in [3.8, 4) is 28.0 Å². The summed E-state index contributed by atoms with van der Waals surface area (Å²) in [6.07, 6.45) is 0. The summed E-state index contributed by atoms with van der Waals surface area (Å²) in [7, 11) is 8.35. The molecule has 0 aromatic heterocycles. The number of aromatic hydroxyl groups is 1. The van der Waals surface area contributed by atoms with Crippen molar-refractivity contribution in [1.82, 2.24) is 0 Å². The zero-order valence-electron chi connectivity index (χ0n) is 24.9. The van der Waals surface area contributed by atoms with Crippen LogP contribution in [-0.4, -0.2) is 36.5 Å². The Kier molecular flexibility index (Phi) is 5.74. The zero-order valence-corrected chi connectivity index (χ0v) is 24.9. The van der Waals surface area contributed by atoms with E-state index in [0.29, 0.717) is 5.75 Å². The van der Waals surface area contributed by atoms with Crippen LogP contribution in [0.25, 0.3) is 76.1 Å². The van der Waals surface area contributed by atoms with Crippen molar-refractivity contribution in [3.05, 3.63) is 115 Å². The van der Waals surface area contributed by atoms with Crippen LogP contribution >= 0.6 is 0 Å². The van der Waals surface area contributed by atoms with Crippen LogP contribution in [0.1, 0.15) is 0 Å². The van der Waals surface area contributed by atoms with Gasteiger partial charge in [0, 0.05) is 0 Å². The molecule has 0 amide bonds. The van der Waals surface area contributed by atoms with Gasteiger partial charge in [0.05, 0.1) is 0 Å². The zero-order chi connectivity index (χ0) is 29.4. The fraction of sp³-hybridized carbons (Fsp3) is 0. The highest BCUT2D eigenvalue weighted by molar-refractivity contribution is 6.61. The lowest BCUT2D eigenvalue weighted by Gasteiger charge is -2.24.